The largest absolute Gasteiger partial charge is 0.481 e. The third kappa shape index (κ3) is 5.55. The van der Waals surface area contributed by atoms with E-state index in [0.29, 0.717) is 28.2 Å². The van der Waals surface area contributed by atoms with Crippen molar-refractivity contribution in [2.45, 2.75) is 19.0 Å². The molecule has 3 aromatic heterocycles. The van der Waals surface area contributed by atoms with Crippen LogP contribution >= 0.6 is 23.2 Å². The van der Waals surface area contributed by atoms with E-state index >= 15 is 0 Å². The van der Waals surface area contributed by atoms with Crippen LogP contribution in [0.25, 0.3) is 33.6 Å². The minimum Gasteiger partial charge on any atom is -0.481 e. The summed E-state index contributed by atoms with van der Waals surface area (Å²) in [5, 5.41) is 4.67. The van der Waals surface area contributed by atoms with Crippen LogP contribution in [0, 0.1) is 5.82 Å². The van der Waals surface area contributed by atoms with Crippen molar-refractivity contribution in [3.8, 4) is 39.5 Å². The Kier molecular flexibility index (Phi) is 8.07. The molecule has 2 aromatic carbocycles. The van der Waals surface area contributed by atoms with Crippen LogP contribution in [0.1, 0.15) is 23.6 Å². The molecule has 1 atom stereocenters. The van der Waals surface area contributed by atoms with Crippen molar-refractivity contribution in [1.82, 2.24) is 20.3 Å². The average molecular weight is 601 g/mol. The molecule has 1 aliphatic rings. The molecule has 0 spiro atoms. The second-order valence-corrected chi connectivity index (χ2v) is 10.9. The van der Waals surface area contributed by atoms with Crippen LogP contribution < -0.4 is 15.0 Å². The lowest BCUT2D eigenvalue weighted by atomic mass is 9.96. The predicted molar refractivity (Wildman–Crippen MR) is 167 cm³/mol. The van der Waals surface area contributed by atoms with Gasteiger partial charge in [0.05, 0.1) is 34.7 Å². The number of pyridine rings is 3. The minimum atomic E-state index is -0.339. The minimum absolute atomic E-state index is 0.0783. The lowest BCUT2D eigenvalue weighted by molar-refractivity contribution is 0.398. The van der Waals surface area contributed by atoms with Gasteiger partial charge in [-0.3, -0.25) is 4.98 Å². The highest BCUT2D eigenvalue weighted by Crippen LogP contribution is 2.43. The quantitative estimate of drug-likeness (QED) is 0.204. The van der Waals surface area contributed by atoms with E-state index in [0.717, 1.165) is 57.9 Å². The molecule has 0 saturated carbocycles. The molecule has 0 saturated heterocycles. The van der Waals surface area contributed by atoms with Crippen molar-refractivity contribution in [1.29, 1.82) is 0 Å². The summed E-state index contributed by atoms with van der Waals surface area (Å²) < 4.78 is 18.9. The first kappa shape index (κ1) is 28.1. The molecule has 1 aliphatic heterocycles. The SMILES string of the molecule is COc1cccc(-c2cccc(-c3cccc(-c4ccc5c(n4)N(C)CC[C@H]5NCc4cncc(F)c4)c3Cl)c2Cl)n1. The summed E-state index contributed by atoms with van der Waals surface area (Å²) in [5.74, 6) is 1.06. The van der Waals surface area contributed by atoms with Gasteiger partial charge in [-0.2, -0.15) is 0 Å². The van der Waals surface area contributed by atoms with Gasteiger partial charge in [0.2, 0.25) is 5.88 Å². The molecule has 6 nitrogen and oxygen atoms in total. The van der Waals surface area contributed by atoms with Gasteiger partial charge in [-0.15, -0.1) is 0 Å². The Hall–Kier alpha value is -4.04. The topological polar surface area (TPSA) is 63.2 Å². The highest BCUT2D eigenvalue weighted by Gasteiger charge is 2.25. The van der Waals surface area contributed by atoms with Crippen molar-refractivity contribution >= 4 is 29.0 Å². The van der Waals surface area contributed by atoms with Crippen molar-refractivity contribution in [2.24, 2.45) is 0 Å². The lowest BCUT2D eigenvalue weighted by Crippen LogP contribution is -2.34. The fraction of sp³-hybridized carbons (Fsp3) is 0.182. The Morgan fingerprint density at radius 3 is 2.24 bits per heavy atom. The number of methoxy groups -OCH3 is 1. The number of fused-ring (bicyclic) bond motifs is 1. The van der Waals surface area contributed by atoms with Crippen LogP contribution in [0.15, 0.2) is 85.2 Å². The molecule has 0 fully saturated rings. The molecule has 42 heavy (non-hydrogen) atoms. The van der Waals surface area contributed by atoms with Gasteiger partial charge in [-0.1, -0.05) is 71.7 Å². The normalized spacial score (nSPS) is 14.5. The monoisotopic (exact) mass is 599 g/mol. The second-order valence-electron chi connectivity index (χ2n) is 10.2. The zero-order valence-electron chi connectivity index (χ0n) is 23.1. The van der Waals surface area contributed by atoms with Crippen molar-refractivity contribution in [3.05, 3.63) is 112 Å². The van der Waals surface area contributed by atoms with E-state index in [2.05, 4.69) is 26.3 Å². The Morgan fingerprint density at radius 2 is 1.55 bits per heavy atom. The number of nitrogens with one attached hydrogen (secondary N) is 1. The van der Waals surface area contributed by atoms with E-state index < -0.39 is 0 Å². The predicted octanol–water partition coefficient (Wildman–Crippen LogP) is 8.00. The van der Waals surface area contributed by atoms with E-state index in [-0.39, 0.29) is 11.9 Å². The molecule has 0 radical (unpaired) electrons. The summed E-state index contributed by atoms with van der Waals surface area (Å²) in [6, 6.07) is 23.0. The van der Waals surface area contributed by atoms with Gasteiger partial charge in [-0.05, 0) is 30.2 Å². The smallest absolute Gasteiger partial charge is 0.213 e. The number of aromatic nitrogens is 3. The van der Waals surface area contributed by atoms with E-state index in [1.54, 1.807) is 19.4 Å². The van der Waals surface area contributed by atoms with E-state index in [4.69, 9.17) is 32.9 Å². The molecular weight excluding hydrogens is 572 g/mol. The number of rotatable bonds is 7. The van der Waals surface area contributed by atoms with Crippen LogP contribution in [0.5, 0.6) is 5.88 Å². The Balaban J connectivity index is 1.33. The highest BCUT2D eigenvalue weighted by atomic mass is 35.5. The van der Waals surface area contributed by atoms with Gasteiger partial charge in [-0.25, -0.2) is 14.4 Å². The Bertz CT molecular complexity index is 1770. The maximum absolute atomic E-state index is 13.6. The molecule has 5 aromatic rings. The summed E-state index contributed by atoms with van der Waals surface area (Å²) in [6.07, 6.45) is 3.79. The maximum atomic E-state index is 13.6. The van der Waals surface area contributed by atoms with Crippen LogP contribution in [0.2, 0.25) is 10.0 Å². The van der Waals surface area contributed by atoms with Crippen LogP contribution in [0.3, 0.4) is 0 Å². The standard InChI is InChI=1S/C33H28Cl2FN5O/c1-41-15-14-27(38-18-20-16-21(36)19-37-17-20)26-12-13-29(40-33(26)41)25-9-4-7-23(32(25)35)22-6-3-8-24(31(22)34)28-10-5-11-30(39-28)42-2/h3-13,16-17,19,27,38H,14-15,18H2,1-2H3/t27-/m1/s1. The summed E-state index contributed by atoms with van der Waals surface area (Å²) >= 11 is 14.0. The molecule has 0 bridgehead atoms. The number of benzene rings is 2. The molecule has 6 rings (SSSR count). The third-order valence-electron chi connectivity index (χ3n) is 7.48. The molecular formula is C33H28Cl2FN5O. The number of hydrogen-bond donors (Lipinski definition) is 1. The van der Waals surface area contributed by atoms with E-state index in [1.165, 1.54) is 12.3 Å². The van der Waals surface area contributed by atoms with Gasteiger partial charge in [0.25, 0.3) is 0 Å². The summed E-state index contributed by atoms with van der Waals surface area (Å²) in [7, 11) is 3.63. The molecule has 4 heterocycles. The molecule has 212 valence electrons. The highest BCUT2D eigenvalue weighted by molar-refractivity contribution is 6.39. The van der Waals surface area contributed by atoms with Crippen molar-refractivity contribution in [2.75, 3.05) is 25.6 Å². The van der Waals surface area contributed by atoms with Crippen LogP contribution in [-0.2, 0) is 6.54 Å². The van der Waals surface area contributed by atoms with Crippen LogP contribution in [-0.4, -0.2) is 35.7 Å². The summed E-state index contributed by atoms with van der Waals surface area (Å²) in [6.45, 7) is 1.34. The number of halogens is 3. The Morgan fingerprint density at radius 1 is 0.881 bits per heavy atom. The number of anilines is 1. The van der Waals surface area contributed by atoms with E-state index in [1.807, 2.05) is 61.6 Å². The van der Waals surface area contributed by atoms with Crippen molar-refractivity contribution in [3.63, 3.8) is 0 Å². The van der Waals surface area contributed by atoms with E-state index in [9.17, 15) is 4.39 Å². The van der Waals surface area contributed by atoms with Crippen molar-refractivity contribution < 1.29 is 9.13 Å². The first-order chi connectivity index (χ1) is 20.4. The zero-order chi connectivity index (χ0) is 29.2. The zero-order valence-corrected chi connectivity index (χ0v) is 24.6. The maximum Gasteiger partial charge on any atom is 0.213 e. The summed E-state index contributed by atoms with van der Waals surface area (Å²) in [4.78, 5) is 15.7. The van der Waals surface area contributed by atoms with Gasteiger partial charge < -0.3 is 15.0 Å². The number of ether oxygens (including phenoxy) is 1. The first-order valence-electron chi connectivity index (χ1n) is 13.6. The molecule has 0 aliphatic carbocycles. The van der Waals surface area contributed by atoms with Gasteiger partial charge >= 0.3 is 0 Å². The first-order valence-corrected chi connectivity index (χ1v) is 14.3. The second kappa shape index (κ2) is 12.1. The average Bonchev–Trinajstić information content (AvgIpc) is 3.01. The van der Waals surface area contributed by atoms with Gasteiger partial charge in [0.1, 0.15) is 11.6 Å². The molecule has 9 heteroatoms. The Labute approximate surface area is 254 Å². The fourth-order valence-corrected chi connectivity index (χ4v) is 5.98. The van der Waals surface area contributed by atoms with Crippen LogP contribution in [0.4, 0.5) is 10.2 Å². The molecule has 1 N–H and O–H groups in total. The van der Waals surface area contributed by atoms with Gasteiger partial charge in [0.15, 0.2) is 0 Å². The molecule has 0 unspecified atom stereocenters. The fourth-order valence-electron chi connectivity index (χ4n) is 5.33. The van der Waals surface area contributed by atoms with Gasteiger partial charge in [0, 0.05) is 66.3 Å². The number of nitrogens with zero attached hydrogens (tertiary/aromatic N) is 4. The lowest BCUT2D eigenvalue weighted by Gasteiger charge is -2.33. The molecule has 0 amide bonds. The summed E-state index contributed by atoms with van der Waals surface area (Å²) in [5.41, 5.74) is 6.58. The number of hydrogen-bond acceptors (Lipinski definition) is 6. The third-order valence-corrected chi connectivity index (χ3v) is 8.30.